The lowest BCUT2D eigenvalue weighted by Crippen LogP contribution is -2.35. The number of ether oxygens (including phenoxy) is 1. The first-order valence-corrected chi connectivity index (χ1v) is 13.3. The van der Waals surface area contributed by atoms with Gasteiger partial charge in [0.05, 0.1) is 30.2 Å². The van der Waals surface area contributed by atoms with Gasteiger partial charge in [0.25, 0.3) is 0 Å². The summed E-state index contributed by atoms with van der Waals surface area (Å²) in [5.41, 5.74) is 10.6. The Morgan fingerprint density at radius 1 is 0.943 bits per heavy atom. The summed E-state index contributed by atoms with van der Waals surface area (Å²) in [5.74, 6) is 1.26. The van der Waals surface area contributed by atoms with Gasteiger partial charge in [-0.05, 0) is 59.9 Å². The summed E-state index contributed by atoms with van der Waals surface area (Å²) in [5, 5.41) is 0. The maximum Gasteiger partial charge on any atom is 0.325 e. The molecule has 0 spiro atoms. The molecule has 182 valence electrons. The molecule has 1 aromatic heterocycles. The van der Waals surface area contributed by atoms with Crippen LogP contribution >= 0.6 is 7.60 Å². The number of hydrogen-bond donors (Lipinski definition) is 4. The molecule has 0 bridgehead atoms. The monoisotopic (exact) mass is 491 g/mol. The molecular formula is C27H30N3O4P. The Balaban J connectivity index is 1.31. The summed E-state index contributed by atoms with van der Waals surface area (Å²) in [7, 11) is -4.12. The molecule has 1 atom stereocenters. The SMILES string of the molecule is C[C@](N)(CCP(=O)(O)O)c1ncc(-c2ccc(OCCc3ccc(-c4ccccc4)cc3)cc2)[nH]1. The highest BCUT2D eigenvalue weighted by molar-refractivity contribution is 7.51. The molecule has 7 nitrogen and oxygen atoms in total. The van der Waals surface area contributed by atoms with Crippen LogP contribution in [-0.2, 0) is 16.5 Å². The highest BCUT2D eigenvalue weighted by Gasteiger charge is 2.28. The van der Waals surface area contributed by atoms with E-state index in [9.17, 15) is 4.57 Å². The third-order valence-corrected chi connectivity index (χ3v) is 6.73. The van der Waals surface area contributed by atoms with E-state index in [2.05, 4.69) is 46.4 Å². The van der Waals surface area contributed by atoms with Crippen LogP contribution in [0, 0.1) is 0 Å². The molecule has 35 heavy (non-hydrogen) atoms. The standard InChI is InChI=1S/C27H30N3O4P/c1-27(28,16-18-35(31,32)33)26-29-19-25(30-26)23-11-13-24(14-12-23)34-17-15-20-7-9-22(10-8-20)21-5-3-2-4-6-21/h2-14,19H,15-18,28H2,1H3,(H,29,30)(H2,31,32,33)/t27-/m0/s1. The van der Waals surface area contributed by atoms with E-state index < -0.39 is 13.1 Å². The van der Waals surface area contributed by atoms with Crippen molar-refractivity contribution in [2.45, 2.75) is 25.3 Å². The maximum absolute atomic E-state index is 11.2. The topological polar surface area (TPSA) is 121 Å². The van der Waals surface area contributed by atoms with Crippen molar-refractivity contribution in [1.82, 2.24) is 9.97 Å². The number of hydrogen-bond acceptors (Lipinski definition) is 4. The van der Waals surface area contributed by atoms with Gasteiger partial charge in [0.2, 0.25) is 0 Å². The molecule has 0 saturated carbocycles. The minimum atomic E-state index is -4.12. The minimum Gasteiger partial charge on any atom is -0.493 e. The van der Waals surface area contributed by atoms with Gasteiger partial charge in [0, 0.05) is 6.42 Å². The van der Waals surface area contributed by atoms with Gasteiger partial charge in [-0.1, -0.05) is 54.6 Å². The number of benzene rings is 3. The number of rotatable bonds is 10. The first kappa shape index (κ1) is 24.9. The lowest BCUT2D eigenvalue weighted by molar-refractivity contribution is 0.322. The van der Waals surface area contributed by atoms with Crippen LogP contribution in [0.4, 0.5) is 0 Å². The first-order valence-electron chi connectivity index (χ1n) is 11.5. The smallest absolute Gasteiger partial charge is 0.325 e. The Morgan fingerprint density at radius 3 is 2.23 bits per heavy atom. The van der Waals surface area contributed by atoms with Crippen molar-refractivity contribution in [1.29, 1.82) is 0 Å². The third-order valence-electron chi connectivity index (χ3n) is 5.93. The van der Waals surface area contributed by atoms with Crippen LogP contribution in [0.1, 0.15) is 24.7 Å². The average Bonchev–Trinajstić information content (AvgIpc) is 3.35. The molecule has 1 heterocycles. The maximum atomic E-state index is 11.2. The number of nitrogens with two attached hydrogens (primary N) is 1. The highest BCUT2D eigenvalue weighted by Crippen LogP contribution is 2.38. The fourth-order valence-electron chi connectivity index (χ4n) is 3.77. The molecule has 0 amide bonds. The molecule has 0 unspecified atom stereocenters. The van der Waals surface area contributed by atoms with Crippen molar-refractivity contribution in [3.8, 4) is 28.1 Å². The zero-order chi connectivity index (χ0) is 24.9. The van der Waals surface area contributed by atoms with Crippen LogP contribution in [0.5, 0.6) is 5.75 Å². The van der Waals surface area contributed by atoms with Crippen molar-refractivity contribution >= 4 is 7.60 Å². The van der Waals surface area contributed by atoms with Crippen LogP contribution in [0.3, 0.4) is 0 Å². The number of nitrogens with one attached hydrogen (secondary N) is 1. The lowest BCUT2D eigenvalue weighted by Gasteiger charge is -2.22. The van der Waals surface area contributed by atoms with Gasteiger partial charge in [-0.3, -0.25) is 4.57 Å². The van der Waals surface area contributed by atoms with Crippen molar-refractivity contribution in [2.75, 3.05) is 12.8 Å². The molecule has 5 N–H and O–H groups in total. The van der Waals surface area contributed by atoms with Crippen molar-refractivity contribution in [3.63, 3.8) is 0 Å². The van der Waals surface area contributed by atoms with Crippen molar-refractivity contribution in [3.05, 3.63) is 96.4 Å². The zero-order valence-corrected chi connectivity index (χ0v) is 20.5. The second-order valence-corrected chi connectivity index (χ2v) is 10.7. The van der Waals surface area contributed by atoms with Crippen LogP contribution in [0.15, 0.2) is 85.1 Å². The highest BCUT2D eigenvalue weighted by atomic mass is 31.2. The van der Waals surface area contributed by atoms with Crippen molar-refractivity contribution < 1.29 is 19.1 Å². The molecule has 0 fully saturated rings. The van der Waals surface area contributed by atoms with E-state index >= 15 is 0 Å². The predicted octanol–water partition coefficient (Wildman–Crippen LogP) is 5.11. The van der Waals surface area contributed by atoms with Gasteiger partial charge in [-0.25, -0.2) is 4.98 Å². The molecule has 0 radical (unpaired) electrons. The quantitative estimate of drug-likeness (QED) is 0.229. The van der Waals surface area contributed by atoms with E-state index in [4.69, 9.17) is 20.3 Å². The number of aromatic amines is 1. The summed E-state index contributed by atoms with van der Waals surface area (Å²) in [6.07, 6.45) is 2.31. The Labute approximate surface area is 205 Å². The summed E-state index contributed by atoms with van der Waals surface area (Å²) >= 11 is 0. The average molecular weight is 492 g/mol. The molecule has 4 rings (SSSR count). The van der Waals surface area contributed by atoms with Crippen molar-refractivity contribution in [2.24, 2.45) is 5.73 Å². The minimum absolute atomic E-state index is 0.117. The van der Waals surface area contributed by atoms with Gasteiger partial charge in [0.15, 0.2) is 0 Å². The summed E-state index contributed by atoms with van der Waals surface area (Å²) in [6.45, 7) is 2.28. The number of nitrogens with zero attached hydrogens (tertiary/aromatic N) is 1. The zero-order valence-electron chi connectivity index (χ0n) is 19.6. The van der Waals surface area contributed by atoms with Crippen LogP contribution in [-0.4, -0.2) is 32.5 Å². The van der Waals surface area contributed by atoms with E-state index in [1.54, 1.807) is 13.1 Å². The van der Waals surface area contributed by atoms with E-state index in [0.717, 1.165) is 23.4 Å². The third kappa shape index (κ3) is 6.90. The molecule has 0 aliphatic carbocycles. The van der Waals surface area contributed by atoms with Crippen LogP contribution < -0.4 is 10.5 Å². The second-order valence-electron chi connectivity index (χ2n) is 8.89. The molecular weight excluding hydrogens is 461 g/mol. The van der Waals surface area contributed by atoms with Gasteiger partial charge >= 0.3 is 7.60 Å². The molecule has 0 saturated heterocycles. The van der Waals surface area contributed by atoms with Gasteiger partial charge in [0.1, 0.15) is 11.6 Å². The fraction of sp³-hybridized carbons (Fsp3) is 0.222. The number of H-pyrrole nitrogens is 1. The summed E-state index contributed by atoms with van der Waals surface area (Å²) in [4.78, 5) is 25.8. The Kier molecular flexibility index (Phi) is 7.53. The molecule has 8 heteroatoms. The fourth-order valence-corrected chi connectivity index (χ4v) is 4.52. The Morgan fingerprint density at radius 2 is 1.57 bits per heavy atom. The predicted molar refractivity (Wildman–Crippen MR) is 138 cm³/mol. The van der Waals surface area contributed by atoms with E-state index in [0.29, 0.717) is 12.4 Å². The van der Waals surface area contributed by atoms with Gasteiger partial charge in [-0.15, -0.1) is 0 Å². The van der Waals surface area contributed by atoms with Gasteiger partial charge < -0.3 is 25.2 Å². The molecule has 0 aliphatic heterocycles. The Bertz CT molecular complexity index is 1280. The molecule has 0 aliphatic rings. The largest absolute Gasteiger partial charge is 0.493 e. The summed E-state index contributed by atoms with van der Waals surface area (Å²) < 4.78 is 17.1. The van der Waals surface area contributed by atoms with E-state index in [1.165, 1.54) is 16.7 Å². The Hall–Kier alpha value is -3.22. The van der Waals surface area contributed by atoms with E-state index in [-0.39, 0.29) is 12.6 Å². The number of imidazole rings is 1. The van der Waals surface area contributed by atoms with Gasteiger partial charge in [-0.2, -0.15) is 0 Å². The lowest BCUT2D eigenvalue weighted by atomic mass is 10.00. The van der Waals surface area contributed by atoms with Crippen LogP contribution in [0.2, 0.25) is 0 Å². The van der Waals surface area contributed by atoms with E-state index in [1.807, 2.05) is 42.5 Å². The summed E-state index contributed by atoms with van der Waals surface area (Å²) in [6, 6.07) is 26.5. The second kappa shape index (κ2) is 10.6. The van der Waals surface area contributed by atoms with Crippen LogP contribution in [0.25, 0.3) is 22.4 Å². The molecule has 4 aromatic rings. The molecule has 3 aromatic carbocycles. The first-order chi connectivity index (χ1) is 16.7. The normalized spacial score (nSPS) is 13.4. The number of aromatic nitrogens is 2.